The maximum absolute atomic E-state index is 9.21. The molecule has 0 amide bonds. The number of rotatable bonds is 6. The number of nitrogens with zero attached hydrogens (tertiary/aromatic N) is 2. The number of aryl methyl sites for hydroxylation is 1. The van der Waals surface area contributed by atoms with E-state index in [0.717, 1.165) is 23.6 Å². The fourth-order valence-corrected chi connectivity index (χ4v) is 2.13. The zero-order valence-corrected chi connectivity index (χ0v) is 11.5. The van der Waals surface area contributed by atoms with Gasteiger partial charge in [0.1, 0.15) is 5.82 Å². The number of hydrogen-bond donors (Lipinski definition) is 2. The Morgan fingerprint density at radius 1 is 1.32 bits per heavy atom. The molecular formula is C15H21N3O. The van der Waals surface area contributed by atoms with Crippen LogP contribution in [0.2, 0.25) is 0 Å². The minimum absolute atomic E-state index is 0.138. The van der Waals surface area contributed by atoms with Gasteiger partial charge in [0.05, 0.1) is 18.5 Å². The number of para-hydroxylation sites is 1. The average Bonchev–Trinajstić information content (AvgIpc) is 2.82. The Morgan fingerprint density at radius 2 is 2.05 bits per heavy atom. The molecule has 0 radical (unpaired) electrons. The predicted octanol–water partition coefficient (Wildman–Crippen LogP) is 2.04. The Hall–Kier alpha value is -1.65. The fourth-order valence-electron chi connectivity index (χ4n) is 2.13. The topological polar surface area (TPSA) is 50.1 Å². The van der Waals surface area contributed by atoms with Crippen LogP contribution >= 0.6 is 0 Å². The van der Waals surface area contributed by atoms with Gasteiger partial charge < -0.3 is 10.4 Å². The van der Waals surface area contributed by atoms with Gasteiger partial charge in [0.25, 0.3) is 0 Å². The summed E-state index contributed by atoms with van der Waals surface area (Å²) in [6.07, 6.45) is 2.80. The van der Waals surface area contributed by atoms with Crippen molar-refractivity contribution in [1.82, 2.24) is 14.9 Å². The van der Waals surface area contributed by atoms with E-state index >= 15 is 0 Å². The van der Waals surface area contributed by atoms with E-state index in [-0.39, 0.29) is 12.6 Å². The first-order chi connectivity index (χ1) is 9.26. The zero-order valence-electron chi connectivity index (χ0n) is 11.5. The first-order valence-electron chi connectivity index (χ1n) is 6.69. The van der Waals surface area contributed by atoms with Crippen molar-refractivity contribution >= 4 is 0 Å². The van der Waals surface area contributed by atoms with E-state index in [2.05, 4.69) is 33.9 Å². The van der Waals surface area contributed by atoms with E-state index in [4.69, 9.17) is 0 Å². The molecule has 0 fully saturated rings. The summed E-state index contributed by atoms with van der Waals surface area (Å²) < 4.78 is 2.14. The Kier molecular flexibility index (Phi) is 4.71. The molecule has 0 aliphatic heterocycles. The van der Waals surface area contributed by atoms with Crippen molar-refractivity contribution in [3.8, 4) is 5.69 Å². The van der Waals surface area contributed by atoms with Gasteiger partial charge in [-0.3, -0.25) is 4.57 Å². The highest BCUT2D eigenvalue weighted by molar-refractivity contribution is 5.35. The van der Waals surface area contributed by atoms with Gasteiger partial charge >= 0.3 is 0 Å². The Balaban J connectivity index is 2.19. The third-order valence-electron chi connectivity index (χ3n) is 3.31. The molecule has 0 unspecified atom stereocenters. The summed E-state index contributed by atoms with van der Waals surface area (Å²) in [7, 11) is 0. The normalized spacial score (nSPS) is 12.6. The second kappa shape index (κ2) is 6.50. The van der Waals surface area contributed by atoms with Crippen molar-refractivity contribution in [2.75, 3.05) is 6.61 Å². The van der Waals surface area contributed by atoms with Crippen LogP contribution in [0.4, 0.5) is 0 Å². The van der Waals surface area contributed by atoms with E-state index in [0.29, 0.717) is 6.54 Å². The standard InChI is InChI=1S/C15H21N3O/c1-3-13(11-19)17-10-15-9-16-12(2)18(15)14-7-5-4-6-8-14/h4-9,13,17,19H,3,10-11H2,1-2H3/t13-/m1/s1. The molecule has 2 N–H and O–H groups in total. The molecule has 102 valence electrons. The van der Waals surface area contributed by atoms with Gasteiger partial charge in [-0.1, -0.05) is 25.1 Å². The summed E-state index contributed by atoms with van der Waals surface area (Å²) in [6, 6.07) is 10.3. The van der Waals surface area contributed by atoms with Crippen LogP contribution in [0.25, 0.3) is 5.69 Å². The Morgan fingerprint density at radius 3 is 2.68 bits per heavy atom. The predicted molar refractivity (Wildman–Crippen MR) is 76.3 cm³/mol. The van der Waals surface area contributed by atoms with Crippen molar-refractivity contribution in [2.45, 2.75) is 32.9 Å². The van der Waals surface area contributed by atoms with Crippen LogP contribution in [0.15, 0.2) is 36.5 Å². The molecule has 1 aromatic carbocycles. The van der Waals surface area contributed by atoms with E-state index in [9.17, 15) is 5.11 Å². The van der Waals surface area contributed by atoms with Crippen molar-refractivity contribution in [3.05, 3.63) is 48.0 Å². The van der Waals surface area contributed by atoms with Crippen LogP contribution in [0, 0.1) is 6.92 Å². The van der Waals surface area contributed by atoms with Crippen LogP contribution in [0.3, 0.4) is 0 Å². The minimum atomic E-state index is 0.138. The van der Waals surface area contributed by atoms with Crippen molar-refractivity contribution in [1.29, 1.82) is 0 Å². The van der Waals surface area contributed by atoms with Gasteiger partial charge in [0, 0.05) is 18.3 Å². The van der Waals surface area contributed by atoms with Crippen molar-refractivity contribution < 1.29 is 5.11 Å². The molecule has 19 heavy (non-hydrogen) atoms. The lowest BCUT2D eigenvalue weighted by molar-refractivity contribution is 0.238. The van der Waals surface area contributed by atoms with Crippen LogP contribution < -0.4 is 5.32 Å². The first-order valence-corrected chi connectivity index (χ1v) is 6.69. The number of nitrogens with one attached hydrogen (secondary N) is 1. The minimum Gasteiger partial charge on any atom is -0.395 e. The molecule has 4 nitrogen and oxygen atoms in total. The smallest absolute Gasteiger partial charge is 0.110 e. The molecule has 1 atom stereocenters. The van der Waals surface area contributed by atoms with E-state index in [1.807, 2.05) is 31.3 Å². The highest BCUT2D eigenvalue weighted by Gasteiger charge is 2.10. The SMILES string of the molecule is CC[C@H](CO)NCc1cnc(C)n1-c1ccccc1. The second-order valence-corrected chi connectivity index (χ2v) is 4.64. The van der Waals surface area contributed by atoms with Gasteiger partial charge in [-0.05, 0) is 25.5 Å². The number of aromatic nitrogens is 2. The maximum Gasteiger partial charge on any atom is 0.110 e. The van der Waals surface area contributed by atoms with Crippen LogP contribution in [-0.2, 0) is 6.54 Å². The van der Waals surface area contributed by atoms with Gasteiger partial charge in [0.2, 0.25) is 0 Å². The molecule has 4 heteroatoms. The molecule has 0 saturated carbocycles. The third kappa shape index (κ3) is 3.22. The number of aliphatic hydroxyl groups is 1. The molecule has 0 spiro atoms. The van der Waals surface area contributed by atoms with Crippen LogP contribution in [0.5, 0.6) is 0 Å². The van der Waals surface area contributed by atoms with Gasteiger partial charge in [-0.25, -0.2) is 4.98 Å². The lowest BCUT2D eigenvalue weighted by Crippen LogP contribution is -2.31. The van der Waals surface area contributed by atoms with Gasteiger partial charge in [-0.15, -0.1) is 0 Å². The summed E-state index contributed by atoms with van der Waals surface area (Å²) >= 11 is 0. The largest absolute Gasteiger partial charge is 0.395 e. The molecule has 1 heterocycles. The Labute approximate surface area is 114 Å². The monoisotopic (exact) mass is 259 g/mol. The summed E-state index contributed by atoms with van der Waals surface area (Å²) in [5.41, 5.74) is 2.22. The number of hydrogen-bond acceptors (Lipinski definition) is 3. The highest BCUT2D eigenvalue weighted by Crippen LogP contribution is 2.14. The lowest BCUT2D eigenvalue weighted by atomic mass is 10.2. The molecule has 0 bridgehead atoms. The number of aliphatic hydroxyl groups excluding tert-OH is 1. The van der Waals surface area contributed by atoms with E-state index in [1.165, 1.54) is 0 Å². The second-order valence-electron chi connectivity index (χ2n) is 4.64. The number of benzene rings is 1. The third-order valence-corrected chi connectivity index (χ3v) is 3.31. The summed E-state index contributed by atoms with van der Waals surface area (Å²) in [6.45, 7) is 4.93. The van der Waals surface area contributed by atoms with Gasteiger partial charge in [0.15, 0.2) is 0 Å². The summed E-state index contributed by atoms with van der Waals surface area (Å²) in [5.74, 6) is 0.972. The fraction of sp³-hybridized carbons (Fsp3) is 0.400. The lowest BCUT2D eigenvalue weighted by Gasteiger charge is -2.15. The molecule has 2 rings (SSSR count). The molecule has 1 aromatic heterocycles. The summed E-state index contributed by atoms with van der Waals surface area (Å²) in [4.78, 5) is 4.38. The van der Waals surface area contributed by atoms with Crippen LogP contribution in [0.1, 0.15) is 24.9 Å². The van der Waals surface area contributed by atoms with E-state index < -0.39 is 0 Å². The van der Waals surface area contributed by atoms with Crippen molar-refractivity contribution in [3.63, 3.8) is 0 Å². The Bertz CT molecular complexity index is 503. The highest BCUT2D eigenvalue weighted by atomic mass is 16.3. The first kappa shape index (κ1) is 13.8. The molecule has 0 aliphatic carbocycles. The maximum atomic E-state index is 9.21. The van der Waals surface area contributed by atoms with Gasteiger partial charge in [-0.2, -0.15) is 0 Å². The quantitative estimate of drug-likeness (QED) is 0.834. The number of imidazole rings is 1. The summed E-state index contributed by atoms with van der Waals surface area (Å²) in [5, 5.41) is 12.6. The zero-order chi connectivity index (χ0) is 13.7. The molecule has 0 saturated heterocycles. The molecule has 2 aromatic rings. The molecular weight excluding hydrogens is 238 g/mol. The average molecular weight is 259 g/mol. The van der Waals surface area contributed by atoms with Crippen LogP contribution in [-0.4, -0.2) is 27.3 Å². The molecule has 0 aliphatic rings. The van der Waals surface area contributed by atoms with Crippen molar-refractivity contribution in [2.24, 2.45) is 0 Å². The van der Waals surface area contributed by atoms with E-state index in [1.54, 1.807) is 0 Å².